The van der Waals surface area contributed by atoms with Crippen LogP contribution in [-0.4, -0.2) is 85.9 Å². The number of carbonyl (C=O) groups excluding carboxylic acids is 2. The van der Waals surface area contributed by atoms with E-state index in [0.29, 0.717) is 31.9 Å². The van der Waals surface area contributed by atoms with Gasteiger partial charge in [0.25, 0.3) is 0 Å². The second-order valence-corrected chi connectivity index (χ2v) is 8.37. The zero-order chi connectivity index (χ0) is 19.5. The standard InChI is InChI=1S/C17H28N4O4S/c1-17(2,3)25-16(23)21-8-7-20(10-12(21)9-19(4)5)14-13(15(22)24-6)18-11-26-14/h11-12H,7-10H2,1-6H3. The number of amides is 1. The molecule has 8 nitrogen and oxygen atoms in total. The summed E-state index contributed by atoms with van der Waals surface area (Å²) in [6, 6.07) is -0.0544. The molecule has 0 radical (unpaired) electrons. The van der Waals surface area contributed by atoms with Gasteiger partial charge >= 0.3 is 12.1 Å². The molecule has 0 bridgehead atoms. The molecule has 1 atom stereocenters. The summed E-state index contributed by atoms with van der Waals surface area (Å²) in [7, 11) is 5.29. The lowest BCUT2D eigenvalue weighted by atomic mass is 10.1. The molecular weight excluding hydrogens is 356 g/mol. The van der Waals surface area contributed by atoms with Crippen LogP contribution in [0.1, 0.15) is 31.3 Å². The molecule has 9 heteroatoms. The minimum Gasteiger partial charge on any atom is -0.464 e. The molecular formula is C17H28N4O4S. The lowest BCUT2D eigenvalue weighted by molar-refractivity contribution is 0.0115. The molecule has 1 amide bonds. The van der Waals surface area contributed by atoms with Gasteiger partial charge < -0.3 is 24.2 Å². The molecule has 2 rings (SSSR count). The smallest absolute Gasteiger partial charge is 0.410 e. The third kappa shape index (κ3) is 5.07. The first-order chi connectivity index (χ1) is 12.1. The monoisotopic (exact) mass is 384 g/mol. The van der Waals surface area contributed by atoms with Crippen LogP contribution in [0.15, 0.2) is 5.51 Å². The first-order valence-corrected chi connectivity index (χ1v) is 9.41. The quantitative estimate of drug-likeness (QED) is 0.734. The Balaban J connectivity index is 2.18. The Morgan fingerprint density at radius 1 is 1.35 bits per heavy atom. The molecule has 0 spiro atoms. The Labute approximate surface area is 158 Å². The molecule has 1 aliphatic rings. The Morgan fingerprint density at radius 2 is 2.04 bits per heavy atom. The summed E-state index contributed by atoms with van der Waals surface area (Å²) in [4.78, 5) is 34.6. The molecule has 1 unspecified atom stereocenters. The summed E-state index contributed by atoms with van der Waals surface area (Å²) in [5, 5.41) is 0.782. The van der Waals surface area contributed by atoms with Crippen molar-refractivity contribution in [3.8, 4) is 0 Å². The second-order valence-electron chi connectivity index (χ2n) is 7.53. The van der Waals surface area contributed by atoms with E-state index in [4.69, 9.17) is 9.47 Å². The number of hydrogen-bond acceptors (Lipinski definition) is 8. The predicted molar refractivity (Wildman–Crippen MR) is 101 cm³/mol. The predicted octanol–water partition coefficient (Wildman–Crippen LogP) is 1.92. The van der Waals surface area contributed by atoms with Crippen molar-refractivity contribution >= 4 is 28.4 Å². The van der Waals surface area contributed by atoms with Crippen molar-refractivity contribution in [1.29, 1.82) is 0 Å². The van der Waals surface area contributed by atoms with Crippen LogP contribution < -0.4 is 4.90 Å². The maximum atomic E-state index is 12.6. The fourth-order valence-corrected chi connectivity index (χ4v) is 3.70. The van der Waals surface area contributed by atoms with E-state index in [-0.39, 0.29) is 12.1 Å². The van der Waals surface area contributed by atoms with Crippen LogP contribution in [0.25, 0.3) is 0 Å². The van der Waals surface area contributed by atoms with Crippen LogP contribution in [0.5, 0.6) is 0 Å². The highest BCUT2D eigenvalue weighted by atomic mass is 32.1. The molecule has 1 aromatic rings. The highest BCUT2D eigenvalue weighted by molar-refractivity contribution is 7.14. The first-order valence-electron chi connectivity index (χ1n) is 8.53. The second kappa shape index (κ2) is 8.22. The summed E-state index contributed by atoms with van der Waals surface area (Å²) in [6.45, 7) is 8.01. The number of thiazole rings is 1. The number of esters is 1. The number of ether oxygens (including phenoxy) is 2. The average molecular weight is 385 g/mol. The maximum absolute atomic E-state index is 12.6. The topological polar surface area (TPSA) is 75.2 Å². The number of anilines is 1. The molecule has 1 saturated heterocycles. The SMILES string of the molecule is COC(=O)c1ncsc1N1CCN(C(=O)OC(C)(C)C)C(CN(C)C)C1. The van der Waals surface area contributed by atoms with Crippen molar-refractivity contribution in [2.45, 2.75) is 32.4 Å². The van der Waals surface area contributed by atoms with Crippen molar-refractivity contribution in [3.05, 3.63) is 11.2 Å². The Hall–Kier alpha value is -1.87. The summed E-state index contributed by atoms with van der Waals surface area (Å²) in [6.07, 6.45) is -0.304. The highest BCUT2D eigenvalue weighted by Gasteiger charge is 2.35. The molecule has 1 fully saturated rings. The number of aromatic nitrogens is 1. The van der Waals surface area contributed by atoms with Gasteiger partial charge in [-0.2, -0.15) is 0 Å². The van der Waals surface area contributed by atoms with Gasteiger partial charge in [0.1, 0.15) is 10.6 Å². The summed E-state index contributed by atoms with van der Waals surface area (Å²) in [5.74, 6) is -0.444. The van der Waals surface area contributed by atoms with Gasteiger partial charge in [-0.25, -0.2) is 14.6 Å². The number of likely N-dealkylation sites (N-methyl/N-ethyl adjacent to an activating group) is 1. The lowest BCUT2D eigenvalue weighted by Crippen LogP contribution is -2.59. The summed E-state index contributed by atoms with van der Waals surface area (Å²) >= 11 is 1.41. The number of carbonyl (C=O) groups is 2. The number of rotatable bonds is 4. The molecule has 26 heavy (non-hydrogen) atoms. The molecule has 0 saturated carbocycles. The Morgan fingerprint density at radius 3 is 2.62 bits per heavy atom. The average Bonchev–Trinajstić information content (AvgIpc) is 3.01. The van der Waals surface area contributed by atoms with Gasteiger partial charge in [-0.3, -0.25) is 0 Å². The first kappa shape index (κ1) is 20.4. The van der Waals surface area contributed by atoms with Gasteiger partial charge in [0, 0.05) is 26.2 Å². The lowest BCUT2D eigenvalue weighted by Gasteiger charge is -2.43. The van der Waals surface area contributed by atoms with Crippen LogP contribution in [0.2, 0.25) is 0 Å². The molecule has 0 aliphatic carbocycles. The minimum atomic E-state index is -0.535. The van der Waals surface area contributed by atoms with E-state index in [1.807, 2.05) is 39.8 Å². The zero-order valence-electron chi connectivity index (χ0n) is 16.3. The van der Waals surface area contributed by atoms with Crippen molar-refractivity contribution in [3.63, 3.8) is 0 Å². The van der Waals surface area contributed by atoms with Crippen LogP contribution >= 0.6 is 11.3 Å². The highest BCUT2D eigenvalue weighted by Crippen LogP contribution is 2.29. The van der Waals surface area contributed by atoms with Crippen molar-refractivity contribution in [1.82, 2.24) is 14.8 Å². The third-order valence-electron chi connectivity index (χ3n) is 3.90. The van der Waals surface area contributed by atoms with Gasteiger partial charge in [0.05, 0.1) is 18.7 Å². The van der Waals surface area contributed by atoms with E-state index in [1.165, 1.54) is 18.4 Å². The van der Waals surface area contributed by atoms with Crippen LogP contribution in [0.4, 0.5) is 9.80 Å². The molecule has 2 heterocycles. The Bertz CT molecular complexity index is 641. The van der Waals surface area contributed by atoms with E-state index in [0.717, 1.165) is 5.00 Å². The van der Waals surface area contributed by atoms with E-state index in [1.54, 1.807) is 10.4 Å². The van der Waals surface area contributed by atoms with Gasteiger partial charge in [0.15, 0.2) is 5.69 Å². The molecule has 1 aliphatic heterocycles. The van der Waals surface area contributed by atoms with Gasteiger partial charge in [0.2, 0.25) is 0 Å². The number of nitrogens with zero attached hydrogens (tertiary/aromatic N) is 4. The third-order valence-corrected chi connectivity index (χ3v) is 4.79. The number of methoxy groups -OCH3 is 1. The van der Waals surface area contributed by atoms with E-state index in [9.17, 15) is 9.59 Å². The summed E-state index contributed by atoms with van der Waals surface area (Å²) < 4.78 is 10.4. The van der Waals surface area contributed by atoms with Crippen LogP contribution in [-0.2, 0) is 9.47 Å². The normalized spacial score (nSPS) is 18.2. The molecule has 0 aromatic carbocycles. The van der Waals surface area contributed by atoms with Crippen molar-refractivity contribution in [2.24, 2.45) is 0 Å². The molecule has 0 N–H and O–H groups in total. The van der Waals surface area contributed by atoms with Gasteiger partial charge in [-0.05, 0) is 34.9 Å². The van der Waals surface area contributed by atoms with E-state index >= 15 is 0 Å². The van der Waals surface area contributed by atoms with Gasteiger partial charge in [-0.15, -0.1) is 11.3 Å². The number of piperazine rings is 1. The van der Waals surface area contributed by atoms with E-state index in [2.05, 4.69) is 9.88 Å². The van der Waals surface area contributed by atoms with Gasteiger partial charge in [-0.1, -0.05) is 0 Å². The summed E-state index contributed by atoms with van der Waals surface area (Å²) in [5.41, 5.74) is 1.43. The Kier molecular flexibility index (Phi) is 6.46. The number of hydrogen-bond donors (Lipinski definition) is 0. The van der Waals surface area contributed by atoms with E-state index < -0.39 is 11.6 Å². The maximum Gasteiger partial charge on any atom is 0.410 e. The van der Waals surface area contributed by atoms with Crippen LogP contribution in [0, 0.1) is 0 Å². The fourth-order valence-electron chi connectivity index (χ4n) is 2.88. The fraction of sp³-hybridized carbons (Fsp3) is 0.706. The molecule has 1 aromatic heterocycles. The largest absolute Gasteiger partial charge is 0.464 e. The zero-order valence-corrected chi connectivity index (χ0v) is 17.1. The van der Waals surface area contributed by atoms with Crippen molar-refractivity contribution in [2.75, 3.05) is 52.3 Å². The van der Waals surface area contributed by atoms with Crippen LogP contribution in [0.3, 0.4) is 0 Å². The minimum absolute atomic E-state index is 0.0544. The molecule has 146 valence electrons. The van der Waals surface area contributed by atoms with Crippen molar-refractivity contribution < 1.29 is 19.1 Å².